The molecule has 0 bridgehead atoms. The first-order valence-electron chi connectivity index (χ1n) is 6.12. The molecule has 2 aromatic rings. The van der Waals surface area contributed by atoms with Crippen LogP contribution in [0, 0.1) is 0 Å². The first kappa shape index (κ1) is 13.1. The zero-order chi connectivity index (χ0) is 13.7. The van der Waals surface area contributed by atoms with Crippen LogP contribution in [0.1, 0.15) is 30.3 Å². The highest BCUT2D eigenvalue weighted by molar-refractivity contribution is 5.85. The Morgan fingerprint density at radius 2 is 2.11 bits per heavy atom. The average molecular weight is 261 g/mol. The zero-order valence-electron chi connectivity index (χ0n) is 10.6. The molecule has 2 rings (SSSR count). The number of carboxylic acid groups (broad SMARTS) is 1. The van der Waals surface area contributed by atoms with Crippen molar-refractivity contribution in [1.29, 1.82) is 0 Å². The first-order valence-corrected chi connectivity index (χ1v) is 6.12. The summed E-state index contributed by atoms with van der Waals surface area (Å²) in [6.07, 6.45) is 3.24. The molecule has 1 N–H and O–H groups in total. The standard InChI is InChI=1S/C14H15NO4/c1-2-3-8-18-11-6-4-10(5-7-11)13-15-12(9-19-13)14(16)17/h4-7,9H,2-3,8H2,1H3,(H,16,17). The molecule has 1 heterocycles. The van der Waals surface area contributed by atoms with Crippen LogP contribution in [0.3, 0.4) is 0 Å². The number of nitrogens with zero attached hydrogens (tertiary/aromatic N) is 1. The zero-order valence-corrected chi connectivity index (χ0v) is 10.6. The fraction of sp³-hybridized carbons (Fsp3) is 0.286. The molecule has 5 nitrogen and oxygen atoms in total. The maximum Gasteiger partial charge on any atom is 0.357 e. The van der Waals surface area contributed by atoms with Gasteiger partial charge in [0.05, 0.1) is 6.61 Å². The van der Waals surface area contributed by atoms with E-state index in [1.165, 1.54) is 0 Å². The lowest BCUT2D eigenvalue weighted by Gasteiger charge is -2.05. The summed E-state index contributed by atoms with van der Waals surface area (Å²) < 4.78 is 10.7. The van der Waals surface area contributed by atoms with Crippen LogP contribution in [0.15, 0.2) is 34.9 Å². The number of unbranched alkanes of at least 4 members (excludes halogenated alkanes) is 1. The SMILES string of the molecule is CCCCOc1ccc(-c2nc(C(=O)O)co2)cc1. The molecule has 0 fully saturated rings. The molecule has 0 aliphatic heterocycles. The second-order valence-electron chi connectivity index (χ2n) is 4.07. The van der Waals surface area contributed by atoms with Crippen LogP contribution in [-0.2, 0) is 0 Å². The van der Waals surface area contributed by atoms with E-state index >= 15 is 0 Å². The summed E-state index contributed by atoms with van der Waals surface area (Å²) in [5.74, 6) is -0.0331. The minimum Gasteiger partial charge on any atom is -0.494 e. The van der Waals surface area contributed by atoms with Crippen molar-refractivity contribution in [3.05, 3.63) is 36.2 Å². The quantitative estimate of drug-likeness (QED) is 0.808. The second-order valence-corrected chi connectivity index (χ2v) is 4.07. The maximum atomic E-state index is 10.7. The van der Waals surface area contributed by atoms with Gasteiger partial charge >= 0.3 is 5.97 Å². The molecule has 0 aliphatic rings. The number of carbonyl (C=O) groups is 1. The lowest BCUT2D eigenvalue weighted by Crippen LogP contribution is -1.96. The summed E-state index contributed by atoms with van der Waals surface area (Å²) in [5, 5.41) is 8.77. The van der Waals surface area contributed by atoms with E-state index in [1.54, 1.807) is 12.1 Å². The van der Waals surface area contributed by atoms with Crippen LogP contribution in [0.25, 0.3) is 11.5 Å². The van der Waals surface area contributed by atoms with E-state index in [1.807, 2.05) is 12.1 Å². The molecule has 0 unspecified atom stereocenters. The van der Waals surface area contributed by atoms with Crippen molar-refractivity contribution >= 4 is 5.97 Å². The molecule has 100 valence electrons. The van der Waals surface area contributed by atoms with Gasteiger partial charge in [0, 0.05) is 5.56 Å². The first-order chi connectivity index (χ1) is 9.20. The summed E-state index contributed by atoms with van der Waals surface area (Å²) >= 11 is 0. The Bertz CT molecular complexity index is 545. The van der Waals surface area contributed by atoms with Gasteiger partial charge in [-0.2, -0.15) is 0 Å². The summed E-state index contributed by atoms with van der Waals surface area (Å²) in [6.45, 7) is 2.80. The molecular weight excluding hydrogens is 246 g/mol. The van der Waals surface area contributed by atoms with Crippen molar-refractivity contribution in [3.8, 4) is 17.2 Å². The number of aromatic nitrogens is 1. The topological polar surface area (TPSA) is 72.6 Å². The number of rotatable bonds is 6. The monoisotopic (exact) mass is 261 g/mol. The molecule has 0 aliphatic carbocycles. The molecule has 0 amide bonds. The minimum absolute atomic E-state index is 0.0988. The number of hydrogen-bond donors (Lipinski definition) is 1. The van der Waals surface area contributed by atoms with Crippen LogP contribution < -0.4 is 4.74 Å². The molecule has 1 aromatic carbocycles. The van der Waals surface area contributed by atoms with E-state index in [0.29, 0.717) is 6.61 Å². The van der Waals surface area contributed by atoms with Gasteiger partial charge in [0.1, 0.15) is 12.0 Å². The molecule has 0 spiro atoms. The van der Waals surface area contributed by atoms with Crippen molar-refractivity contribution < 1.29 is 19.1 Å². The lowest BCUT2D eigenvalue weighted by molar-refractivity contribution is 0.0690. The van der Waals surface area contributed by atoms with Gasteiger partial charge in [0.15, 0.2) is 5.69 Å². The van der Waals surface area contributed by atoms with Gasteiger partial charge in [-0.3, -0.25) is 0 Å². The largest absolute Gasteiger partial charge is 0.494 e. The summed E-state index contributed by atoms with van der Waals surface area (Å²) in [5.41, 5.74) is 0.619. The Balaban J connectivity index is 2.06. The van der Waals surface area contributed by atoms with Gasteiger partial charge in [-0.05, 0) is 30.7 Å². The van der Waals surface area contributed by atoms with E-state index in [-0.39, 0.29) is 11.6 Å². The van der Waals surface area contributed by atoms with E-state index < -0.39 is 5.97 Å². The van der Waals surface area contributed by atoms with Crippen LogP contribution in [0.4, 0.5) is 0 Å². The van der Waals surface area contributed by atoms with Gasteiger partial charge in [0.25, 0.3) is 0 Å². The van der Waals surface area contributed by atoms with E-state index in [2.05, 4.69) is 11.9 Å². The van der Waals surface area contributed by atoms with Gasteiger partial charge < -0.3 is 14.3 Å². The van der Waals surface area contributed by atoms with Crippen LogP contribution in [-0.4, -0.2) is 22.7 Å². The summed E-state index contributed by atoms with van der Waals surface area (Å²) in [4.78, 5) is 14.6. The van der Waals surface area contributed by atoms with Crippen molar-refractivity contribution in [2.75, 3.05) is 6.61 Å². The van der Waals surface area contributed by atoms with Crippen LogP contribution >= 0.6 is 0 Å². The third-order valence-electron chi connectivity index (χ3n) is 2.59. The Hall–Kier alpha value is -2.30. The van der Waals surface area contributed by atoms with Crippen molar-refractivity contribution in [3.63, 3.8) is 0 Å². The Morgan fingerprint density at radius 3 is 2.68 bits per heavy atom. The van der Waals surface area contributed by atoms with Crippen molar-refractivity contribution in [2.45, 2.75) is 19.8 Å². The highest BCUT2D eigenvalue weighted by Crippen LogP contribution is 2.22. The Morgan fingerprint density at radius 1 is 1.37 bits per heavy atom. The normalized spacial score (nSPS) is 10.4. The second kappa shape index (κ2) is 6.04. The smallest absolute Gasteiger partial charge is 0.357 e. The van der Waals surface area contributed by atoms with Crippen molar-refractivity contribution in [1.82, 2.24) is 4.98 Å². The average Bonchev–Trinajstić information content (AvgIpc) is 2.90. The molecular formula is C14H15NO4. The number of carboxylic acids is 1. The molecule has 5 heteroatoms. The maximum absolute atomic E-state index is 10.7. The molecule has 0 saturated heterocycles. The Kier molecular flexibility index (Phi) is 4.18. The van der Waals surface area contributed by atoms with Gasteiger partial charge in [-0.15, -0.1) is 0 Å². The number of ether oxygens (including phenoxy) is 1. The predicted octanol–water partition coefficient (Wildman–Crippen LogP) is 3.22. The lowest BCUT2D eigenvalue weighted by atomic mass is 10.2. The minimum atomic E-state index is -1.10. The molecule has 0 saturated carbocycles. The molecule has 0 radical (unpaired) electrons. The van der Waals surface area contributed by atoms with Crippen LogP contribution in [0.5, 0.6) is 5.75 Å². The highest BCUT2D eigenvalue weighted by Gasteiger charge is 2.11. The van der Waals surface area contributed by atoms with Gasteiger partial charge in [0.2, 0.25) is 5.89 Å². The fourth-order valence-electron chi connectivity index (χ4n) is 1.53. The highest BCUT2D eigenvalue weighted by atomic mass is 16.5. The molecule has 1 aromatic heterocycles. The number of aromatic carboxylic acids is 1. The third kappa shape index (κ3) is 3.34. The van der Waals surface area contributed by atoms with E-state index in [4.69, 9.17) is 14.3 Å². The fourth-order valence-corrected chi connectivity index (χ4v) is 1.53. The van der Waals surface area contributed by atoms with Crippen molar-refractivity contribution in [2.24, 2.45) is 0 Å². The van der Waals surface area contributed by atoms with E-state index in [9.17, 15) is 4.79 Å². The van der Waals surface area contributed by atoms with E-state index in [0.717, 1.165) is 30.4 Å². The predicted molar refractivity (Wildman–Crippen MR) is 69.3 cm³/mol. The number of benzene rings is 1. The number of oxazole rings is 1. The summed E-state index contributed by atoms with van der Waals surface area (Å²) in [6, 6.07) is 7.21. The van der Waals surface area contributed by atoms with Gasteiger partial charge in [-0.25, -0.2) is 9.78 Å². The Labute approximate surface area is 110 Å². The number of hydrogen-bond acceptors (Lipinski definition) is 4. The van der Waals surface area contributed by atoms with Crippen LogP contribution in [0.2, 0.25) is 0 Å². The third-order valence-corrected chi connectivity index (χ3v) is 2.59. The van der Waals surface area contributed by atoms with Gasteiger partial charge in [-0.1, -0.05) is 13.3 Å². The molecule has 0 atom stereocenters. The molecule has 19 heavy (non-hydrogen) atoms. The summed E-state index contributed by atoms with van der Waals surface area (Å²) in [7, 11) is 0.